The molecule has 0 spiro atoms. The largest absolute Gasteiger partial charge is 0.450 e. The Labute approximate surface area is 189 Å². The van der Waals surface area contributed by atoms with Gasteiger partial charge >= 0.3 is 0 Å². The second-order valence-corrected chi connectivity index (χ2v) is 9.09. The molecule has 0 saturated carbocycles. The maximum Gasteiger partial charge on any atom is 0.291 e. The highest BCUT2D eigenvalue weighted by Gasteiger charge is 2.44. The second kappa shape index (κ2) is 7.66. The van der Waals surface area contributed by atoms with Gasteiger partial charge in [0.05, 0.1) is 33.1 Å². The van der Waals surface area contributed by atoms with Gasteiger partial charge in [0.15, 0.2) is 5.43 Å². The van der Waals surface area contributed by atoms with Gasteiger partial charge in [-0.15, -0.1) is 0 Å². The molecule has 2 aliphatic rings. The van der Waals surface area contributed by atoms with Crippen molar-refractivity contribution in [2.45, 2.75) is 38.8 Å². The first-order valence-electron chi connectivity index (χ1n) is 10.3. The third-order valence-electron chi connectivity index (χ3n) is 6.27. The van der Waals surface area contributed by atoms with Crippen LogP contribution in [0.1, 0.15) is 51.7 Å². The van der Waals surface area contributed by atoms with E-state index < -0.39 is 6.04 Å². The SMILES string of the molecule is Cc1cc2oc3c(c(=O)c2cc1C)[C@H](c1ccc(Cl)c(Cl)c1)N(C[C@@H]1CCCO1)C3=O. The maximum absolute atomic E-state index is 13.6. The summed E-state index contributed by atoms with van der Waals surface area (Å²) in [6, 6.07) is 8.23. The van der Waals surface area contributed by atoms with E-state index in [0.717, 1.165) is 29.5 Å². The molecule has 7 heteroatoms. The molecule has 0 unspecified atom stereocenters. The van der Waals surface area contributed by atoms with Gasteiger partial charge in [-0.2, -0.15) is 0 Å². The molecule has 1 saturated heterocycles. The average Bonchev–Trinajstić information content (AvgIpc) is 3.34. The second-order valence-electron chi connectivity index (χ2n) is 8.28. The van der Waals surface area contributed by atoms with E-state index in [4.69, 9.17) is 32.4 Å². The third-order valence-corrected chi connectivity index (χ3v) is 7.00. The normalized spacial score (nSPS) is 20.6. The molecular weight excluding hydrogens is 437 g/mol. The first kappa shape index (κ1) is 20.6. The summed E-state index contributed by atoms with van der Waals surface area (Å²) in [6.45, 7) is 4.96. The fourth-order valence-electron chi connectivity index (χ4n) is 4.50. The number of nitrogens with zero attached hydrogens (tertiary/aromatic N) is 1. The zero-order valence-corrected chi connectivity index (χ0v) is 18.7. The molecule has 2 aliphatic heterocycles. The predicted molar refractivity (Wildman–Crippen MR) is 120 cm³/mol. The van der Waals surface area contributed by atoms with Crippen LogP contribution < -0.4 is 5.43 Å². The minimum atomic E-state index is -0.608. The summed E-state index contributed by atoms with van der Waals surface area (Å²) in [5.74, 6) is -0.214. The van der Waals surface area contributed by atoms with Crippen molar-refractivity contribution in [3.63, 3.8) is 0 Å². The van der Waals surface area contributed by atoms with Crippen LogP contribution in [0.5, 0.6) is 0 Å². The molecule has 5 nitrogen and oxygen atoms in total. The number of fused-ring (bicyclic) bond motifs is 2. The lowest BCUT2D eigenvalue weighted by molar-refractivity contribution is 0.0486. The lowest BCUT2D eigenvalue weighted by Gasteiger charge is -2.27. The van der Waals surface area contributed by atoms with Crippen molar-refractivity contribution in [2.24, 2.45) is 0 Å². The lowest BCUT2D eigenvalue weighted by atomic mass is 9.97. The van der Waals surface area contributed by atoms with Crippen LogP contribution in [-0.4, -0.2) is 30.1 Å². The molecule has 5 rings (SSSR count). The maximum atomic E-state index is 13.6. The minimum Gasteiger partial charge on any atom is -0.450 e. The number of ether oxygens (including phenoxy) is 1. The molecule has 0 radical (unpaired) electrons. The van der Waals surface area contributed by atoms with Gasteiger partial charge in [0, 0.05) is 13.2 Å². The monoisotopic (exact) mass is 457 g/mol. The first-order valence-corrected chi connectivity index (χ1v) is 11.1. The van der Waals surface area contributed by atoms with Gasteiger partial charge in [-0.25, -0.2) is 0 Å². The summed E-state index contributed by atoms with van der Waals surface area (Å²) in [4.78, 5) is 28.7. The number of carbonyl (C=O) groups excluding carboxylic acids is 1. The molecule has 2 atom stereocenters. The highest BCUT2D eigenvalue weighted by Crippen LogP contribution is 2.40. The molecule has 160 valence electrons. The molecule has 3 aromatic rings. The number of aryl methyl sites for hydroxylation is 2. The molecule has 3 heterocycles. The fourth-order valence-corrected chi connectivity index (χ4v) is 4.81. The average molecular weight is 458 g/mol. The summed E-state index contributed by atoms with van der Waals surface area (Å²) >= 11 is 12.4. The molecule has 1 aromatic heterocycles. The molecule has 0 bridgehead atoms. The molecule has 2 aromatic carbocycles. The molecule has 1 amide bonds. The molecule has 1 fully saturated rings. The molecule has 31 heavy (non-hydrogen) atoms. The van der Waals surface area contributed by atoms with E-state index >= 15 is 0 Å². The fraction of sp³-hybridized carbons (Fsp3) is 0.333. The van der Waals surface area contributed by atoms with Crippen molar-refractivity contribution in [1.29, 1.82) is 0 Å². The minimum absolute atomic E-state index is 0.0717. The van der Waals surface area contributed by atoms with E-state index in [1.807, 2.05) is 26.0 Å². The zero-order chi connectivity index (χ0) is 21.9. The Morgan fingerprint density at radius 2 is 1.84 bits per heavy atom. The zero-order valence-electron chi connectivity index (χ0n) is 17.2. The van der Waals surface area contributed by atoms with Crippen LogP contribution in [0.2, 0.25) is 10.0 Å². The first-order chi connectivity index (χ1) is 14.8. The summed E-state index contributed by atoms with van der Waals surface area (Å²) < 4.78 is 11.8. The van der Waals surface area contributed by atoms with Crippen molar-refractivity contribution in [3.05, 3.63) is 78.6 Å². The number of halogens is 2. The highest BCUT2D eigenvalue weighted by molar-refractivity contribution is 6.42. The van der Waals surface area contributed by atoms with Crippen LogP contribution in [0.3, 0.4) is 0 Å². The van der Waals surface area contributed by atoms with E-state index in [1.54, 1.807) is 23.1 Å². The Morgan fingerprint density at radius 1 is 1.06 bits per heavy atom. The van der Waals surface area contributed by atoms with Crippen LogP contribution >= 0.6 is 23.2 Å². The van der Waals surface area contributed by atoms with Crippen LogP contribution in [0.4, 0.5) is 0 Å². The Morgan fingerprint density at radius 3 is 2.55 bits per heavy atom. The Balaban J connectivity index is 1.73. The summed E-state index contributed by atoms with van der Waals surface area (Å²) in [5, 5.41) is 1.25. The number of hydrogen-bond donors (Lipinski definition) is 0. The smallest absolute Gasteiger partial charge is 0.291 e. The topological polar surface area (TPSA) is 59.8 Å². The van der Waals surface area contributed by atoms with Crippen LogP contribution in [0.25, 0.3) is 11.0 Å². The summed E-state index contributed by atoms with van der Waals surface area (Å²) in [5.41, 5.74) is 3.28. The van der Waals surface area contributed by atoms with Crippen LogP contribution in [-0.2, 0) is 4.74 Å². The van der Waals surface area contributed by atoms with Gasteiger partial charge in [-0.3, -0.25) is 9.59 Å². The number of rotatable bonds is 3. The number of benzene rings is 2. The van der Waals surface area contributed by atoms with E-state index in [0.29, 0.717) is 39.7 Å². The van der Waals surface area contributed by atoms with Crippen molar-refractivity contribution in [1.82, 2.24) is 4.90 Å². The quantitative estimate of drug-likeness (QED) is 0.525. The van der Waals surface area contributed by atoms with Gasteiger partial charge in [-0.05, 0) is 67.6 Å². The standard InChI is InChI=1S/C24H21Cl2NO4/c1-12-8-16-19(9-13(12)2)31-23-20(22(16)28)21(14-5-6-17(25)18(26)10-14)27(24(23)29)11-15-4-3-7-30-15/h5-6,8-10,15,21H,3-4,7,11H2,1-2H3/t15-,21-/m0/s1. The van der Waals surface area contributed by atoms with E-state index in [-0.39, 0.29) is 23.2 Å². The molecule has 0 N–H and O–H groups in total. The van der Waals surface area contributed by atoms with Crippen molar-refractivity contribution >= 4 is 40.1 Å². The number of carbonyl (C=O) groups is 1. The highest BCUT2D eigenvalue weighted by atomic mass is 35.5. The summed E-state index contributed by atoms with van der Waals surface area (Å²) in [7, 11) is 0. The lowest BCUT2D eigenvalue weighted by Crippen LogP contribution is -2.36. The molecule has 0 aliphatic carbocycles. The number of hydrogen-bond acceptors (Lipinski definition) is 4. The van der Waals surface area contributed by atoms with Gasteiger partial charge in [-0.1, -0.05) is 29.3 Å². The van der Waals surface area contributed by atoms with Gasteiger partial charge in [0.25, 0.3) is 5.91 Å². The summed E-state index contributed by atoms with van der Waals surface area (Å²) in [6.07, 6.45) is 1.75. The number of amides is 1. The predicted octanol–water partition coefficient (Wildman–Crippen LogP) is 5.44. The van der Waals surface area contributed by atoms with Crippen molar-refractivity contribution in [3.8, 4) is 0 Å². The Bertz CT molecular complexity index is 1280. The van der Waals surface area contributed by atoms with E-state index in [1.165, 1.54) is 0 Å². The Hall–Kier alpha value is -2.34. The van der Waals surface area contributed by atoms with Gasteiger partial charge in [0.1, 0.15) is 5.58 Å². The van der Waals surface area contributed by atoms with E-state index in [9.17, 15) is 9.59 Å². The van der Waals surface area contributed by atoms with Crippen molar-refractivity contribution in [2.75, 3.05) is 13.2 Å². The Kier molecular flexibility index (Phi) is 5.08. The van der Waals surface area contributed by atoms with Gasteiger partial charge in [0.2, 0.25) is 5.76 Å². The van der Waals surface area contributed by atoms with Crippen LogP contribution in [0, 0.1) is 13.8 Å². The third kappa shape index (κ3) is 3.36. The van der Waals surface area contributed by atoms with Crippen molar-refractivity contribution < 1.29 is 13.9 Å². The van der Waals surface area contributed by atoms with E-state index in [2.05, 4.69) is 0 Å². The van der Waals surface area contributed by atoms with Crippen LogP contribution in [0.15, 0.2) is 39.5 Å². The van der Waals surface area contributed by atoms with Gasteiger partial charge < -0.3 is 14.1 Å². The molecular formula is C24H21Cl2NO4.